The molecule has 0 bridgehead atoms. The second kappa shape index (κ2) is 8.34. The summed E-state index contributed by atoms with van der Waals surface area (Å²) in [6.07, 6.45) is 2.91. The van der Waals surface area contributed by atoms with Crippen molar-refractivity contribution in [1.82, 2.24) is 14.9 Å². The fraction of sp³-hybridized carbons (Fsp3) is 0.381. The van der Waals surface area contributed by atoms with Crippen molar-refractivity contribution in [3.05, 3.63) is 60.0 Å². The summed E-state index contributed by atoms with van der Waals surface area (Å²) in [7, 11) is 1.66. The Labute approximate surface area is 197 Å². The molecule has 1 fully saturated rings. The van der Waals surface area contributed by atoms with E-state index in [-0.39, 0.29) is 24.0 Å². The van der Waals surface area contributed by atoms with Crippen molar-refractivity contribution in [3.63, 3.8) is 0 Å². The summed E-state index contributed by atoms with van der Waals surface area (Å²) in [6.45, 7) is 2.92. The number of rotatable bonds is 3. The van der Waals surface area contributed by atoms with Crippen LogP contribution in [0.1, 0.15) is 46.2 Å². The molecule has 164 valence electrons. The van der Waals surface area contributed by atoms with Crippen LogP contribution in [0.4, 0.5) is 0 Å². The van der Waals surface area contributed by atoms with Crippen molar-refractivity contribution >= 4 is 46.0 Å². The number of hydrogen-bond donors (Lipinski definition) is 2. The first-order valence-corrected chi connectivity index (χ1v) is 11.4. The highest BCUT2D eigenvalue weighted by molar-refractivity contribution is 14.1. The highest BCUT2D eigenvalue weighted by atomic mass is 127. The Hall–Kier alpha value is -2.27. The first kappa shape index (κ1) is 21.9. The predicted octanol–water partition coefficient (Wildman–Crippen LogP) is 2.52. The summed E-state index contributed by atoms with van der Waals surface area (Å²) in [5.74, 6) is -1.40. The van der Waals surface area contributed by atoms with Crippen LogP contribution < -0.4 is 15.8 Å². The Kier molecular flexibility index (Phi) is 5.91. The second-order valence-electron chi connectivity index (χ2n) is 8.01. The largest absolute Gasteiger partial charge is 0.502 e. The normalized spacial score (nSPS) is 20.3. The number of halogens is 2. The van der Waals surface area contributed by atoms with Crippen molar-refractivity contribution in [3.8, 4) is 5.75 Å². The zero-order valence-corrected chi connectivity index (χ0v) is 20.0. The van der Waals surface area contributed by atoms with E-state index in [1.807, 2.05) is 11.1 Å². The van der Waals surface area contributed by atoms with Gasteiger partial charge in [-0.25, -0.2) is 0 Å². The fourth-order valence-corrected chi connectivity index (χ4v) is 4.90. The van der Waals surface area contributed by atoms with Crippen LogP contribution in [0, 0.1) is 9.49 Å². The first-order valence-electron chi connectivity index (χ1n) is 9.94. The standard InChI is InChI=1S/C21H22ClIN4O4/c1-11-6-7-15-25(2)21(31)17-19(29)18(28)13(10-27(17)26(15)9-11)20(30)24-8-12-4-3-5-14(22)16(12)23/h3-5,10-11,15,29H,6-9H2,1-2H3,(H,24,30)/t11-,15-/m0/s1. The van der Waals surface area contributed by atoms with E-state index in [4.69, 9.17) is 11.6 Å². The number of nitrogens with zero attached hydrogens (tertiary/aromatic N) is 3. The molecule has 1 aromatic carbocycles. The summed E-state index contributed by atoms with van der Waals surface area (Å²) in [5, 5.41) is 15.8. The summed E-state index contributed by atoms with van der Waals surface area (Å²) in [5.41, 5.74) is -0.383. The number of aromatic hydroxyl groups is 1. The van der Waals surface area contributed by atoms with Gasteiger partial charge in [0, 0.05) is 29.9 Å². The first-order chi connectivity index (χ1) is 14.7. The molecule has 0 aliphatic carbocycles. The zero-order valence-electron chi connectivity index (χ0n) is 17.1. The molecule has 3 heterocycles. The van der Waals surface area contributed by atoms with Gasteiger partial charge >= 0.3 is 0 Å². The molecule has 0 saturated carbocycles. The number of carbonyl (C=O) groups excluding carboxylic acids is 2. The van der Waals surface area contributed by atoms with Gasteiger partial charge in [-0.2, -0.15) is 0 Å². The van der Waals surface area contributed by atoms with E-state index in [2.05, 4.69) is 34.8 Å². The molecule has 2 atom stereocenters. The fourth-order valence-electron chi connectivity index (χ4n) is 4.15. The molecule has 0 spiro atoms. The smallest absolute Gasteiger partial charge is 0.277 e. The van der Waals surface area contributed by atoms with E-state index < -0.39 is 23.0 Å². The number of fused-ring (bicyclic) bond motifs is 3. The third-order valence-corrected chi connectivity index (χ3v) is 7.79. The Morgan fingerprint density at radius 1 is 1.32 bits per heavy atom. The van der Waals surface area contributed by atoms with Crippen LogP contribution in [-0.2, 0) is 6.54 Å². The molecule has 4 rings (SSSR count). The third kappa shape index (κ3) is 3.78. The number of benzene rings is 1. The number of piperidine rings is 1. The van der Waals surface area contributed by atoms with Gasteiger partial charge in [-0.15, -0.1) is 0 Å². The molecule has 0 unspecified atom stereocenters. The van der Waals surface area contributed by atoms with Gasteiger partial charge in [0.15, 0.2) is 11.4 Å². The maximum atomic E-state index is 12.9. The van der Waals surface area contributed by atoms with Crippen LogP contribution in [0.5, 0.6) is 5.75 Å². The van der Waals surface area contributed by atoms with Gasteiger partial charge in [0.2, 0.25) is 5.43 Å². The lowest BCUT2D eigenvalue weighted by atomic mass is 9.97. The van der Waals surface area contributed by atoms with Gasteiger partial charge in [-0.05, 0) is 53.0 Å². The molecule has 1 saturated heterocycles. The van der Waals surface area contributed by atoms with Gasteiger partial charge in [0.25, 0.3) is 11.8 Å². The van der Waals surface area contributed by atoms with E-state index >= 15 is 0 Å². The van der Waals surface area contributed by atoms with Crippen LogP contribution in [0.15, 0.2) is 29.2 Å². The summed E-state index contributed by atoms with van der Waals surface area (Å²) >= 11 is 8.22. The van der Waals surface area contributed by atoms with Crippen molar-refractivity contribution in [2.24, 2.45) is 5.92 Å². The van der Waals surface area contributed by atoms with Crippen molar-refractivity contribution in [2.45, 2.75) is 32.5 Å². The highest BCUT2D eigenvalue weighted by Gasteiger charge is 2.41. The van der Waals surface area contributed by atoms with Crippen molar-refractivity contribution in [1.29, 1.82) is 0 Å². The van der Waals surface area contributed by atoms with Gasteiger partial charge < -0.3 is 15.3 Å². The Bertz CT molecular complexity index is 1140. The molecule has 2 amide bonds. The number of nitrogens with one attached hydrogen (secondary N) is 1. The minimum Gasteiger partial charge on any atom is -0.502 e. The maximum Gasteiger partial charge on any atom is 0.277 e. The van der Waals surface area contributed by atoms with Crippen LogP contribution in [0.3, 0.4) is 0 Å². The molecule has 1 aromatic heterocycles. The zero-order chi connectivity index (χ0) is 22.4. The minimum atomic E-state index is -0.866. The average molecular weight is 557 g/mol. The van der Waals surface area contributed by atoms with E-state index in [9.17, 15) is 19.5 Å². The summed E-state index contributed by atoms with van der Waals surface area (Å²) in [4.78, 5) is 40.0. The summed E-state index contributed by atoms with van der Waals surface area (Å²) < 4.78 is 2.29. The number of amides is 2. The van der Waals surface area contributed by atoms with Gasteiger partial charge in [-0.3, -0.25) is 24.1 Å². The molecule has 2 aliphatic heterocycles. The van der Waals surface area contributed by atoms with Crippen LogP contribution >= 0.6 is 34.2 Å². The monoisotopic (exact) mass is 556 g/mol. The Balaban J connectivity index is 1.70. The lowest BCUT2D eigenvalue weighted by Gasteiger charge is -2.49. The lowest BCUT2D eigenvalue weighted by Crippen LogP contribution is -2.63. The molecule has 10 heteroatoms. The summed E-state index contributed by atoms with van der Waals surface area (Å²) in [6, 6.07) is 5.37. The van der Waals surface area contributed by atoms with Crippen LogP contribution in [0.25, 0.3) is 0 Å². The number of pyridine rings is 1. The van der Waals surface area contributed by atoms with Crippen molar-refractivity contribution < 1.29 is 14.7 Å². The molecule has 31 heavy (non-hydrogen) atoms. The van der Waals surface area contributed by atoms with Crippen LogP contribution in [0.2, 0.25) is 5.02 Å². The predicted molar refractivity (Wildman–Crippen MR) is 125 cm³/mol. The number of carbonyl (C=O) groups is 2. The van der Waals surface area contributed by atoms with Gasteiger partial charge in [0.1, 0.15) is 11.7 Å². The van der Waals surface area contributed by atoms with Crippen molar-refractivity contribution in [2.75, 3.05) is 18.6 Å². The minimum absolute atomic E-state index is 0.112. The molecular formula is C21H22ClIN4O4. The quantitative estimate of drug-likeness (QED) is 0.567. The SMILES string of the molecule is C[C@H]1CC[C@H]2N(C)C(=O)c3c(O)c(=O)c(C(=O)NCc4cccc(Cl)c4I)cn3N2C1. The van der Waals surface area contributed by atoms with Gasteiger partial charge in [0.05, 0.1) is 5.02 Å². The van der Waals surface area contributed by atoms with E-state index in [0.717, 1.165) is 22.0 Å². The lowest BCUT2D eigenvalue weighted by molar-refractivity contribution is 0.0566. The Morgan fingerprint density at radius 2 is 2.06 bits per heavy atom. The van der Waals surface area contributed by atoms with Crippen LogP contribution in [-0.4, -0.2) is 46.3 Å². The molecule has 2 aromatic rings. The molecule has 2 N–H and O–H groups in total. The Morgan fingerprint density at radius 3 is 2.81 bits per heavy atom. The molecular weight excluding hydrogens is 535 g/mol. The molecule has 2 aliphatic rings. The maximum absolute atomic E-state index is 12.9. The third-order valence-electron chi connectivity index (χ3n) is 5.89. The number of hydrogen-bond acceptors (Lipinski definition) is 5. The second-order valence-corrected chi connectivity index (χ2v) is 9.50. The molecule has 0 radical (unpaired) electrons. The van der Waals surface area contributed by atoms with E-state index in [1.54, 1.807) is 24.1 Å². The van der Waals surface area contributed by atoms with E-state index in [0.29, 0.717) is 17.5 Å². The number of aromatic nitrogens is 1. The highest BCUT2D eigenvalue weighted by Crippen LogP contribution is 2.30. The average Bonchev–Trinajstić information content (AvgIpc) is 2.74. The topological polar surface area (TPSA) is 94.9 Å². The van der Waals surface area contributed by atoms with E-state index in [1.165, 1.54) is 10.9 Å². The van der Waals surface area contributed by atoms with Gasteiger partial charge in [-0.1, -0.05) is 30.7 Å². The molecule has 8 nitrogen and oxygen atoms in total.